The van der Waals surface area contributed by atoms with Crippen molar-refractivity contribution in [1.82, 2.24) is 14.8 Å². The van der Waals surface area contributed by atoms with Crippen LogP contribution >= 0.6 is 0 Å². The van der Waals surface area contributed by atoms with Crippen molar-refractivity contribution in [3.8, 4) is 17.6 Å². The molecule has 0 spiro atoms. The number of carbonyl (C=O) groups is 1. The van der Waals surface area contributed by atoms with Gasteiger partial charge in [0.2, 0.25) is 0 Å². The first-order valence-electron chi connectivity index (χ1n) is 11.4. The number of nitrogens with zero attached hydrogens (tertiary/aromatic N) is 5. The van der Waals surface area contributed by atoms with Crippen molar-refractivity contribution in [2.75, 3.05) is 16.9 Å². The fourth-order valence-corrected chi connectivity index (χ4v) is 4.37. The van der Waals surface area contributed by atoms with Gasteiger partial charge in [0.05, 0.1) is 12.7 Å². The number of ether oxygens (including phenoxy) is 1. The summed E-state index contributed by atoms with van der Waals surface area (Å²) in [5, 5.41) is 18.9. The number of nitrogens with one attached hydrogen (secondary N) is 1. The van der Waals surface area contributed by atoms with Crippen LogP contribution in [0.25, 0.3) is 16.6 Å². The van der Waals surface area contributed by atoms with Crippen LogP contribution in [0, 0.1) is 11.3 Å². The number of carbonyl (C=O) groups excluding carboxylic acids is 1. The minimum atomic E-state index is -0.345. The molecular weight excluding hydrogens is 452 g/mol. The maximum atomic E-state index is 13.0. The average Bonchev–Trinajstić information content (AvgIpc) is 3.35. The van der Waals surface area contributed by atoms with Gasteiger partial charge in [0.25, 0.3) is 5.91 Å². The third kappa shape index (κ3) is 3.79. The van der Waals surface area contributed by atoms with E-state index >= 15 is 0 Å². The molecule has 0 saturated heterocycles. The number of hydrogen-bond acceptors (Lipinski definition) is 6. The standard InChI is InChI=1S/C28H20N6O2/c29-15-21-16-31-34(26-7-3-4-14-30-26)27(21)32-28(35)20-8-11-22(12-9-20)33-17-24-23-6-2-1-5-19(23)10-13-25(24)36-18-33/h1-14,16H,17-18H2,(H,32,35). The summed E-state index contributed by atoms with van der Waals surface area (Å²) >= 11 is 0. The third-order valence-electron chi connectivity index (χ3n) is 6.21. The number of fused-ring (bicyclic) bond motifs is 3. The van der Waals surface area contributed by atoms with Crippen LogP contribution in [-0.4, -0.2) is 27.4 Å². The summed E-state index contributed by atoms with van der Waals surface area (Å²) in [4.78, 5) is 19.4. The molecule has 2 aromatic heterocycles. The van der Waals surface area contributed by atoms with E-state index in [1.807, 2.05) is 36.4 Å². The van der Waals surface area contributed by atoms with E-state index < -0.39 is 0 Å². The van der Waals surface area contributed by atoms with Crippen molar-refractivity contribution in [3.63, 3.8) is 0 Å². The van der Waals surface area contributed by atoms with Crippen LogP contribution < -0.4 is 15.0 Å². The number of anilines is 2. The highest BCUT2D eigenvalue weighted by Gasteiger charge is 2.21. The molecule has 36 heavy (non-hydrogen) atoms. The Bertz CT molecular complexity index is 1620. The van der Waals surface area contributed by atoms with Gasteiger partial charge in [0.1, 0.15) is 17.4 Å². The van der Waals surface area contributed by atoms with Gasteiger partial charge in [0, 0.05) is 23.0 Å². The zero-order valence-electron chi connectivity index (χ0n) is 19.1. The Morgan fingerprint density at radius 2 is 1.83 bits per heavy atom. The van der Waals surface area contributed by atoms with Crippen molar-refractivity contribution >= 4 is 28.2 Å². The zero-order valence-corrected chi connectivity index (χ0v) is 19.1. The van der Waals surface area contributed by atoms with Crippen LogP contribution in [0.1, 0.15) is 21.5 Å². The molecule has 0 unspecified atom stereocenters. The number of amides is 1. The highest BCUT2D eigenvalue weighted by molar-refractivity contribution is 6.04. The number of hydrogen-bond donors (Lipinski definition) is 1. The van der Waals surface area contributed by atoms with Gasteiger partial charge < -0.3 is 15.0 Å². The van der Waals surface area contributed by atoms with E-state index in [1.54, 1.807) is 30.5 Å². The van der Waals surface area contributed by atoms with E-state index in [0.717, 1.165) is 17.0 Å². The maximum absolute atomic E-state index is 13.0. The quantitative estimate of drug-likeness (QED) is 0.400. The van der Waals surface area contributed by atoms with Gasteiger partial charge in [-0.15, -0.1) is 0 Å². The Labute approximate surface area is 207 Å². The molecule has 6 rings (SSSR count). The van der Waals surface area contributed by atoms with Crippen molar-refractivity contribution in [2.45, 2.75) is 6.54 Å². The van der Waals surface area contributed by atoms with Crippen LogP contribution in [0.5, 0.6) is 5.75 Å². The fourth-order valence-electron chi connectivity index (χ4n) is 4.37. The Kier molecular flexibility index (Phi) is 5.28. The lowest BCUT2D eigenvalue weighted by molar-refractivity contribution is 0.102. The molecule has 0 fully saturated rings. The van der Waals surface area contributed by atoms with Crippen molar-refractivity contribution in [1.29, 1.82) is 5.26 Å². The molecule has 3 heterocycles. The smallest absolute Gasteiger partial charge is 0.256 e. The molecule has 0 radical (unpaired) electrons. The number of pyridine rings is 1. The lowest BCUT2D eigenvalue weighted by Crippen LogP contribution is -2.32. The second-order valence-electron chi connectivity index (χ2n) is 8.35. The Balaban J connectivity index is 1.23. The Morgan fingerprint density at radius 1 is 1.00 bits per heavy atom. The fraction of sp³-hybridized carbons (Fsp3) is 0.0714. The number of nitriles is 1. The van der Waals surface area contributed by atoms with Gasteiger partial charge in [-0.25, -0.2) is 4.98 Å². The minimum Gasteiger partial charge on any atom is -0.473 e. The molecule has 3 aromatic carbocycles. The molecule has 1 N–H and O–H groups in total. The molecule has 0 saturated carbocycles. The molecule has 1 aliphatic rings. The summed E-state index contributed by atoms with van der Waals surface area (Å²) in [5.41, 5.74) is 2.80. The van der Waals surface area contributed by atoms with Gasteiger partial charge in [-0.3, -0.25) is 4.79 Å². The van der Waals surface area contributed by atoms with Crippen molar-refractivity contribution in [3.05, 3.63) is 108 Å². The normalized spacial score (nSPS) is 12.5. The minimum absolute atomic E-state index is 0.252. The van der Waals surface area contributed by atoms with E-state index in [-0.39, 0.29) is 17.3 Å². The van der Waals surface area contributed by atoms with Crippen LogP contribution in [0.4, 0.5) is 11.5 Å². The lowest BCUT2D eigenvalue weighted by atomic mass is 10.0. The summed E-state index contributed by atoms with van der Waals surface area (Å²) in [6, 6.07) is 27.1. The largest absolute Gasteiger partial charge is 0.473 e. The third-order valence-corrected chi connectivity index (χ3v) is 6.21. The molecule has 1 aliphatic heterocycles. The molecule has 0 bridgehead atoms. The number of benzene rings is 3. The summed E-state index contributed by atoms with van der Waals surface area (Å²) in [6.45, 7) is 1.13. The summed E-state index contributed by atoms with van der Waals surface area (Å²) in [6.07, 6.45) is 3.03. The van der Waals surface area contributed by atoms with Crippen molar-refractivity contribution in [2.24, 2.45) is 0 Å². The lowest BCUT2D eigenvalue weighted by Gasteiger charge is -2.31. The summed E-state index contributed by atoms with van der Waals surface area (Å²) in [5.74, 6) is 1.33. The molecule has 5 aromatic rings. The molecule has 0 aliphatic carbocycles. The second kappa shape index (κ2) is 8.89. The first kappa shape index (κ1) is 21.4. The average molecular weight is 473 g/mol. The van der Waals surface area contributed by atoms with Crippen molar-refractivity contribution < 1.29 is 9.53 Å². The first-order chi connectivity index (χ1) is 17.7. The summed E-state index contributed by atoms with van der Waals surface area (Å²) in [7, 11) is 0. The second-order valence-corrected chi connectivity index (χ2v) is 8.35. The van der Waals surface area contributed by atoms with E-state index in [9.17, 15) is 10.1 Å². The molecule has 1 amide bonds. The van der Waals surface area contributed by atoms with Crippen LogP contribution in [0.15, 0.2) is 91.3 Å². The van der Waals surface area contributed by atoms with Gasteiger partial charge in [-0.1, -0.05) is 36.4 Å². The highest BCUT2D eigenvalue weighted by atomic mass is 16.5. The van der Waals surface area contributed by atoms with E-state index in [0.29, 0.717) is 24.7 Å². The van der Waals surface area contributed by atoms with Gasteiger partial charge in [-0.2, -0.15) is 15.0 Å². The topological polar surface area (TPSA) is 96.1 Å². The molecular formula is C28H20N6O2. The van der Waals surface area contributed by atoms with E-state index in [1.165, 1.54) is 21.7 Å². The molecule has 8 nitrogen and oxygen atoms in total. The zero-order chi connectivity index (χ0) is 24.5. The predicted octanol–water partition coefficient (Wildman–Crippen LogP) is 4.90. The molecule has 0 atom stereocenters. The first-order valence-corrected chi connectivity index (χ1v) is 11.4. The Hall–Kier alpha value is -5.16. The van der Waals surface area contributed by atoms with Crippen LogP contribution in [0.2, 0.25) is 0 Å². The van der Waals surface area contributed by atoms with Crippen LogP contribution in [-0.2, 0) is 6.54 Å². The summed E-state index contributed by atoms with van der Waals surface area (Å²) < 4.78 is 7.47. The van der Waals surface area contributed by atoms with E-state index in [4.69, 9.17) is 4.74 Å². The van der Waals surface area contributed by atoms with E-state index in [2.05, 4.69) is 44.6 Å². The molecule has 8 heteroatoms. The van der Waals surface area contributed by atoms with Gasteiger partial charge in [0.15, 0.2) is 18.4 Å². The number of aromatic nitrogens is 3. The highest BCUT2D eigenvalue weighted by Crippen LogP contribution is 2.34. The molecule has 174 valence electrons. The Morgan fingerprint density at radius 3 is 2.64 bits per heavy atom. The maximum Gasteiger partial charge on any atom is 0.256 e. The van der Waals surface area contributed by atoms with Crippen LogP contribution in [0.3, 0.4) is 0 Å². The predicted molar refractivity (Wildman–Crippen MR) is 136 cm³/mol. The van der Waals surface area contributed by atoms with Gasteiger partial charge in [-0.05, 0) is 53.2 Å². The monoisotopic (exact) mass is 472 g/mol. The SMILES string of the molecule is N#Cc1cnn(-c2ccccn2)c1NC(=O)c1ccc(N2COc3ccc4ccccc4c3C2)cc1. The van der Waals surface area contributed by atoms with Gasteiger partial charge >= 0.3 is 0 Å². The number of rotatable bonds is 4.